The Morgan fingerprint density at radius 2 is 1.46 bits per heavy atom. The standard InChI is InChI=1S/C6H15NO4S.Pt/c1-5(2)7(6(3)4)11-12(8,9)10;/h5-6H,1-4H3,(H,8,9,10);. The Balaban J connectivity index is 0. The summed E-state index contributed by atoms with van der Waals surface area (Å²) >= 11 is 0. The van der Waals surface area contributed by atoms with Crippen LogP contribution in [0.4, 0.5) is 0 Å². The van der Waals surface area contributed by atoms with Gasteiger partial charge in [0.1, 0.15) is 0 Å². The summed E-state index contributed by atoms with van der Waals surface area (Å²) in [6.45, 7) is 7.08. The summed E-state index contributed by atoms with van der Waals surface area (Å²) in [5, 5.41) is 1.20. The number of hydrogen-bond donors (Lipinski definition) is 1. The van der Waals surface area contributed by atoms with Crippen LogP contribution in [0.25, 0.3) is 0 Å². The van der Waals surface area contributed by atoms with Crippen molar-refractivity contribution in [2.24, 2.45) is 0 Å². The van der Waals surface area contributed by atoms with Crippen LogP contribution in [0.5, 0.6) is 0 Å². The quantitative estimate of drug-likeness (QED) is 0.567. The summed E-state index contributed by atoms with van der Waals surface area (Å²) in [6.07, 6.45) is 0. The Morgan fingerprint density at radius 3 is 1.54 bits per heavy atom. The molecule has 1 N–H and O–H groups in total. The number of hydroxylamine groups is 2. The molecule has 5 nitrogen and oxygen atoms in total. The van der Waals surface area contributed by atoms with Gasteiger partial charge in [0.15, 0.2) is 0 Å². The van der Waals surface area contributed by atoms with E-state index in [0.29, 0.717) is 0 Å². The predicted molar refractivity (Wildman–Crippen MR) is 44.7 cm³/mol. The molecule has 7 heteroatoms. The molecular weight excluding hydrogens is 377 g/mol. The van der Waals surface area contributed by atoms with Crippen LogP contribution in [0.3, 0.4) is 0 Å². The van der Waals surface area contributed by atoms with Crippen LogP contribution in [-0.4, -0.2) is 30.1 Å². The zero-order chi connectivity index (χ0) is 9.94. The monoisotopic (exact) mass is 392 g/mol. The summed E-state index contributed by atoms with van der Waals surface area (Å²) in [5.41, 5.74) is 0. The third-order valence-corrected chi connectivity index (χ3v) is 1.56. The van der Waals surface area contributed by atoms with Gasteiger partial charge in [-0.3, -0.25) is 4.55 Å². The minimum absolute atomic E-state index is 0. The maximum absolute atomic E-state index is 10.3. The SMILES string of the molecule is CC(C)N(OS(=O)(=O)O)C(C)C.[Pt]. The van der Waals surface area contributed by atoms with E-state index in [1.54, 1.807) is 27.7 Å². The van der Waals surface area contributed by atoms with Crippen molar-refractivity contribution in [3.05, 3.63) is 0 Å². The van der Waals surface area contributed by atoms with Gasteiger partial charge in [0, 0.05) is 33.1 Å². The van der Waals surface area contributed by atoms with E-state index >= 15 is 0 Å². The second kappa shape index (κ2) is 6.09. The van der Waals surface area contributed by atoms with Crippen LogP contribution in [-0.2, 0) is 35.7 Å². The van der Waals surface area contributed by atoms with Crippen LogP contribution < -0.4 is 0 Å². The first kappa shape index (κ1) is 16.0. The van der Waals surface area contributed by atoms with E-state index in [1.165, 1.54) is 5.06 Å². The van der Waals surface area contributed by atoms with Crippen LogP contribution >= 0.6 is 0 Å². The van der Waals surface area contributed by atoms with Crippen molar-refractivity contribution in [1.29, 1.82) is 0 Å². The van der Waals surface area contributed by atoms with Gasteiger partial charge in [-0.2, -0.15) is 17.8 Å². The van der Waals surface area contributed by atoms with Gasteiger partial charge in [0.25, 0.3) is 0 Å². The molecule has 0 saturated carbocycles. The predicted octanol–water partition coefficient (Wildman–Crippen LogP) is 0.837. The van der Waals surface area contributed by atoms with Gasteiger partial charge in [0.05, 0.1) is 0 Å². The fourth-order valence-electron chi connectivity index (χ4n) is 0.877. The number of rotatable bonds is 4. The van der Waals surface area contributed by atoms with E-state index in [0.717, 1.165) is 0 Å². The second-order valence-electron chi connectivity index (χ2n) is 3.05. The maximum atomic E-state index is 10.3. The van der Waals surface area contributed by atoms with Crippen molar-refractivity contribution in [3.63, 3.8) is 0 Å². The molecule has 0 aromatic heterocycles. The Bertz CT molecular complexity index is 219. The van der Waals surface area contributed by atoms with E-state index < -0.39 is 10.4 Å². The Kier molecular flexibility index (Phi) is 7.48. The molecular formula is C6H15NO4PtS. The van der Waals surface area contributed by atoms with Gasteiger partial charge in [-0.1, -0.05) is 0 Å². The molecule has 0 heterocycles. The molecule has 0 unspecified atom stereocenters. The minimum atomic E-state index is -4.39. The number of hydrogen-bond acceptors (Lipinski definition) is 4. The van der Waals surface area contributed by atoms with Crippen LogP contribution in [0.2, 0.25) is 0 Å². The molecule has 0 fully saturated rings. The molecule has 0 aliphatic carbocycles. The molecule has 0 bridgehead atoms. The molecule has 84 valence electrons. The van der Waals surface area contributed by atoms with E-state index in [9.17, 15) is 8.42 Å². The first-order chi connectivity index (χ1) is 5.24. The van der Waals surface area contributed by atoms with Crippen molar-refractivity contribution in [2.45, 2.75) is 39.8 Å². The van der Waals surface area contributed by atoms with Gasteiger partial charge >= 0.3 is 10.4 Å². The average Bonchev–Trinajstić information content (AvgIpc) is 1.79. The van der Waals surface area contributed by atoms with Gasteiger partial charge in [-0.15, -0.1) is 0 Å². The van der Waals surface area contributed by atoms with Gasteiger partial charge < -0.3 is 0 Å². The Labute approximate surface area is 93.6 Å². The smallest absolute Gasteiger partial charge is 0.262 e. The minimum Gasteiger partial charge on any atom is -0.262 e. The molecule has 0 amide bonds. The van der Waals surface area contributed by atoms with Crippen molar-refractivity contribution in [2.75, 3.05) is 0 Å². The first-order valence-electron chi connectivity index (χ1n) is 3.69. The zero-order valence-electron chi connectivity index (χ0n) is 8.00. The van der Waals surface area contributed by atoms with E-state index in [-0.39, 0.29) is 33.1 Å². The van der Waals surface area contributed by atoms with Crippen LogP contribution in [0.15, 0.2) is 0 Å². The molecule has 0 atom stereocenters. The van der Waals surface area contributed by atoms with Gasteiger partial charge in [-0.25, -0.2) is 0 Å². The normalized spacial score (nSPS) is 12.3. The molecule has 0 aliphatic heterocycles. The Hall–Kier alpha value is 0.518. The maximum Gasteiger partial charge on any atom is 0.413 e. The molecule has 0 radical (unpaired) electrons. The summed E-state index contributed by atoms with van der Waals surface area (Å²) < 4.78 is 33.4. The number of nitrogens with zero attached hydrogens (tertiary/aromatic N) is 1. The molecule has 13 heavy (non-hydrogen) atoms. The summed E-state index contributed by atoms with van der Waals surface area (Å²) in [7, 11) is -4.39. The van der Waals surface area contributed by atoms with E-state index in [2.05, 4.69) is 4.28 Å². The average molecular weight is 392 g/mol. The molecule has 0 aromatic rings. The van der Waals surface area contributed by atoms with Crippen molar-refractivity contribution >= 4 is 10.4 Å². The second-order valence-corrected chi connectivity index (χ2v) is 4.05. The molecule has 0 spiro atoms. The summed E-state index contributed by atoms with van der Waals surface area (Å²) in [5.74, 6) is 0. The fraction of sp³-hybridized carbons (Fsp3) is 1.00. The topological polar surface area (TPSA) is 66.8 Å². The summed E-state index contributed by atoms with van der Waals surface area (Å²) in [6, 6.07) is -0.209. The van der Waals surface area contributed by atoms with Crippen molar-refractivity contribution in [1.82, 2.24) is 5.06 Å². The molecule has 0 saturated heterocycles. The molecule has 0 aliphatic rings. The van der Waals surface area contributed by atoms with Gasteiger partial charge in [-0.05, 0) is 27.7 Å². The Morgan fingerprint density at radius 1 is 1.15 bits per heavy atom. The van der Waals surface area contributed by atoms with Crippen LogP contribution in [0, 0.1) is 0 Å². The van der Waals surface area contributed by atoms with E-state index in [4.69, 9.17) is 4.55 Å². The van der Waals surface area contributed by atoms with Crippen molar-refractivity contribution in [3.8, 4) is 0 Å². The first-order valence-corrected chi connectivity index (χ1v) is 5.06. The summed E-state index contributed by atoms with van der Waals surface area (Å²) in [4.78, 5) is 0. The zero-order valence-corrected chi connectivity index (χ0v) is 11.1. The fourth-order valence-corrected chi connectivity index (χ4v) is 1.44. The van der Waals surface area contributed by atoms with E-state index in [1.807, 2.05) is 0 Å². The van der Waals surface area contributed by atoms with Crippen LogP contribution in [0.1, 0.15) is 27.7 Å². The molecule has 0 rings (SSSR count). The largest absolute Gasteiger partial charge is 0.413 e. The molecule has 0 aromatic carbocycles. The van der Waals surface area contributed by atoms with Crippen molar-refractivity contribution < 1.29 is 38.3 Å². The van der Waals surface area contributed by atoms with Gasteiger partial charge in [0.2, 0.25) is 0 Å². The third kappa shape index (κ3) is 7.58. The third-order valence-electron chi connectivity index (χ3n) is 1.20.